The Hall–Kier alpha value is -2.66. The predicted octanol–water partition coefficient (Wildman–Crippen LogP) is 4.92. The molecule has 0 aliphatic rings. The Morgan fingerprint density at radius 1 is 0.920 bits per heavy atom. The highest BCUT2D eigenvalue weighted by atomic mass is 79.9. The summed E-state index contributed by atoms with van der Waals surface area (Å²) in [6, 6.07) is 18.6. The summed E-state index contributed by atoms with van der Waals surface area (Å²) in [6.45, 7) is 0. The van der Waals surface area contributed by atoms with Crippen molar-refractivity contribution in [2.45, 2.75) is 0 Å². The third-order valence-electron chi connectivity index (χ3n) is 4.18. The first-order chi connectivity index (χ1) is 12.1. The molecule has 0 radical (unpaired) electrons. The molecule has 5 heteroatoms. The van der Waals surface area contributed by atoms with E-state index in [0.29, 0.717) is 0 Å². The van der Waals surface area contributed by atoms with E-state index < -0.39 is 0 Å². The molecule has 0 atom stereocenters. The lowest BCUT2D eigenvalue weighted by atomic mass is 10.1. The summed E-state index contributed by atoms with van der Waals surface area (Å²) in [7, 11) is 4.01. The fourth-order valence-electron chi connectivity index (χ4n) is 3.02. The molecule has 4 aromatic rings. The molecule has 0 N–H and O–H groups in total. The van der Waals surface area contributed by atoms with Gasteiger partial charge in [0, 0.05) is 36.0 Å². The maximum atomic E-state index is 4.58. The van der Waals surface area contributed by atoms with Crippen LogP contribution in [-0.2, 0) is 0 Å². The minimum Gasteiger partial charge on any atom is -0.362 e. The van der Waals surface area contributed by atoms with Crippen LogP contribution in [0.1, 0.15) is 0 Å². The van der Waals surface area contributed by atoms with E-state index in [1.165, 1.54) is 0 Å². The molecule has 0 saturated carbocycles. The first-order valence-corrected chi connectivity index (χ1v) is 8.79. The van der Waals surface area contributed by atoms with E-state index in [-0.39, 0.29) is 0 Å². The van der Waals surface area contributed by atoms with Crippen LogP contribution in [0.15, 0.2) is 71.6 Å². The van der Waals surface area contributed by atoms with Crippen LogP contribution in [0.3, 0.4) is 0 Å². The summed E-state index contributed by atoms with van der Waals surface area (Å²) in [4.78, 5) is 11.1. The Kier molecular flexibility index (Phi) is 4.01. The predicted molar refractivity (Wildman–Crippen MR) is 106 cm³/mol. The van der Waals surface area contributed by atoms with Crippen molar-refractivity contribution >= 4 is 32.8 Å². The standard InChI is InChI=1S/C20H17BrN4/c1-24(2)19-18-17(14-6-4-3-5-7-14)12-25(20(18)23-13-22-19)16-10-8-15(21)9-11-16/h3-13H,1-2H3. The monoisotopic (exact) mass is 392 g/mol. The van der Waals surface area contributed by atoms with Crippen LogP contribution < -0.4 is 4.90 Å². The fourth-order valence-corrected chi connectivity index (χ4v) is 3.28. The highest BCUT2D eigenvalue weighted by Crippen LogP contribution is 2.36. The lowest BCUT2D eigenvalue weighted by Gasteiger charge is -2.13. The van der Waals surface area contributed by atoms with Crippen LogP contribution in [0.4, 0.5) is 5.82 Å². The molecule has 0 saturated heterocycles. The summed E-state index contributed by atoms with van der Waals surface area (Å²) < 4.78 is 3.18. The van der Waals surface area contributed by atoms with E-state index in [2.05, 4.69) is 73.1 Å². The maximum absolute atomic E-state index is 4.58. The van der Waals surface area contributed by atoms with Crippen LogP contribution in [0.2, 0.25) is 0 Å². The van der Waals surface area contributed by atoms with Crippen molar-refractivity contribution in [3.05, 3.63) is 71.6 Å². The van der Waals surface area contributed by atoms with Crippen molar-refractivity contribution < 1.29 is 0 Å². The largest absolute Gasteiger partial charge is 0.362 e. The zero-order valence-electron chi connectivity index (χ0n) is 14.0. The summed E-state index contributed by atoms with van der Waals surface area (Å²) in [5, 5.41) is 1.06. The molecule has 0 aliphatic carbocycles. The molecule has 2 aromatic carbocycles. The van der Waals surface area contributed by atoms with Gasteiger partial charge in [0.2, 0.25) is 0 Å². The summed E-state index contributed by atoms with van der Waals surface area (Å²) >= 11 is 3.50. The molecule has 0 amide bonds. The molecule has 0 bridgehead atoms. The smallest absolute Gasteiger partial charge is 0.150 e. The van der Waals surface area contributed by atoms with E-state index in [4.69, 9.17) is 0 Å². The number of aromatic nitrogens is 3. The normalized spacial score (nSPS) is 11.0. The van der Waals surface area contributed by atoms with Crippen molar-refractivity contribution in [3.8, 4) is 16.8 Å². The molecule has 25 heavy (non-hydrogen) atoms. The molecular formula is C20H17BrN4. The van der Waals surface area contributed by atoms with Gasteiger partial charge in [-0.2, -0.15) is 0 Å². The molecule has 0 fully saturated rings. The van der Waals surface area contributed by atoms with E-state index >= 15 is 0 Å². The number of nitrogens with zero attached hydrogens (tertiary/aromatic N) is 4. The molecule has 4 rings (SSSR count). The summed E-state index contributed by atoms with van der Waals surface area (Å²) in [5.74, 6) is 0.916. The average Bonchev–Trinajstić information content (AvgIpc) is 3.03. The molecule has 124 valence electrons. The van der Waals surface area contributed by atoms with Crippen LogP contribution in [-0.4, -0.2) is 28.6 Å². The lowest BCUT2D eigenvalue weighted by molar-refractivity contribution is 1.04. The zero-order chi connectivity index (χ0) is 17.4. The van der Waals surface area contributed by atoms with Crippen LogP contribution >= 0.6 is 15.9 Å². The molecule has 2 aromatic heterocycles. The first kappa shape index (κ1) is 15.8. The number of hydrogen-bond donors (Lipinski definition) is 0. The topological polar surface area (TPSA) is 34.0 Å². The van der Waals surface area contributed by atoms with Gasteiger partial charge < -0.3 is 9.47 Å². The zero-order valence-corrected chi connectivity index (χ0v) is 15.6. The number of rotatable bonds is 3. The number of fused-ring (bicyclic) bond motifs is 1. The van der Waals surface area contributed by atoms with Crippen molar-refractivity contribution in [2.24, 2.45) is 0 Å². The lowest BCUT2D eigenvalue weighted by Crippen LogP contribution is -2.11. The number of anilines is 1. The second-order valence-electron chi connectivity index (χ2n) is 6.05. The highest BCUT2D eigenvalue weighted by Gasteiger charge is 2.18. The third kappa shape index (κ3) is 2.81. The van der Waals surface area contributed by atoms with Gasteiger partial charge in [-0.05, 0) is 29.8 Å². The van der Waals surface area contributed by atoms with Gasteiger partial charge in [0.15, 0.2) is 5.65 Å². The molecule has 4 nitrogen and oxygen atoms in total. The molecule has 0 spiro atoms. The van der Waals surface area contributed by atoms with Gasteiger partial charge >= 0.3 is 0 Å². The Morgan fingerprint density at radius 3 is 2.32 bits per heavy atom. The van der Waals surface area contributed by atoms with E-state index in [1.54, 1.807) is 6.33 Å². The SMILES string of the molecule is CN(C)c1ncnc2c1c(-c1ccccc1)cn2-c1ccc(Br)cc1. The minimum atomic E-state index is 0.903. The maximum Gasteiger partial charge on any atom is 0.150 e. The molecule has 0 unspecified atom stereocenters. The van der Waals surface area contributed by atoms with Crippen molar-refractivity contribution in [1.29, 1.82) is 0 Å². The number of hydrogen-bond acceptors (Lipinski definition) is 3. The first-order valence-electron chi connectivity index (χ1n) is 8.00. The Bertz CT molecular complexity index is 1020. The molecular weight excluding hydrogens is 376 g/mol. The van der Waals surface area contributed by atoms with Gasteiger partial charge in [0.05, 0.1) is 5.39 Å². The number of halogens is 1. The second kappa shape index (κ2) is 6.33. The number of benzene rings is 2. The van der Waals surface area contributed by atoms with Gasteiger partial charge in [-0.3, -0.25) is 0 Å². The molecule has 0 aliphatic heterocycles. The summed E-state index contributed by atoms with van der Waals surface area (Å²) in [5.41, 5.74) is 4.25. The van der Waals surface area contributed by atoms with Crippen molar-refractivity contribution in [1.82, 2.24) is 14.5 Å². The van der Waals surface area contributed by atoms with E-state index in [0.717, 1.165) is 38.1 Å². The van der Waals surface area contributed by atoms with Crippen LogP contribution in [0.5, 0.6) is 0 Å². The Morgan fingerprint density at radius 2 is 1.64 bits per heavy atom. The van der Waals surface area contributed by atoms with Gasteiger partial charge in [-0.1, -0.05) is 46.3 Å². The van der Waals surface area contributed by atoms with Gasteiger partial charge in [-0.15, -0.1) is 0 Å². The Balaban J connectivity index is 2.06. The van der Waals surface area contributed by atoms with Crippen molar-refractivity contribution in [2.75, 3.05) is 19.0 Å². The minimum absolute atomic E-state index is 0.903. The highest BCUT2D eigenvalue weighted by molar-refractivity contribution is 9.10. The summed E-state index contributed by atoms with van der Waals surface area (Å²) in [6.07, 6.45) is 3.77. The van der Waals surface area contributed by atoms with Crippen LogP contribution in [0, 0.1) is 0 Å². The van der Waals surface area contributed by atoms with Gasteiger partial charge in [0.25, 0.3) is 0 Å². The second-order valence-corrected chi connectivity index (χ2v) is 6.96. The third-order valence-corrected chi connectivity index (χ3v) is 4.70. The van der Waals surface area contributed by atoms with Crippen LogP contribution in [0.25, 0.3) is 27.8 Å². The van der Waals surface area contributed by atoms with Gasteiger partial charge in [-0.25, -0.2) is 9.97 Å². The molecule has 2 heterocycles. The average molecular weight is 393 g/mol. The van der Waals surface area contributed by atoms with E-state index in [1.807, 2.05) is 37.2 Å². The fraction of sp³-hybridized carbons (Fsp3) is 0.100. The van der Waals surface area contributed by atoms with Gasteiger partial charge in [0.1, 0.15) is 12.1 Å². The van der Waals surface area contributed by atoms with Crippen molar-refractivity contribution in [3.63, 3.8) is 0 Å². The quantitative estimate of drug-likeness (QED) is 0.496. The van der Waals surface area contributed by atoms with E-state index in [9.17, 15) is 0 Å². The Labute approximate surface area is 154 Å².